The number of carbonyl (C=O) groups excluding carboxylic acids is 2. The van der Waals surface area contributed by atoms with Crippen LogP contribution in [0.4, 0.5) is 0 Å². The maximum atomic E-state index is 12.5. The van der Waals surface area contributed by atoms with E-state index in [-0.39, 0.29) is 17.7 Å². The lowest BCUT2D eigenvalue weighted by Crippen LogP contribution is -2.50. The van der Waals surface area contributed by atoms with Gasteiger partial charge in [0.25, 0.3) is 0 Å². The fourth-order valence-electron chi connectivity index (χ4n) is 5.32. The number of carbonyl (C=O) groups is 2. The van der Waals surface area contributed by atoms with Gasteiger partial charge in [-0.2, -0.15) is 0 Å². The number of fused-ring (bicyclic) bond motifs is 5. The summed E-state index contributed by atoms with van der Waals surface area (Å²) in [4.78, 5) is 24.3. The van der Waals surface area contributed by atoms with E-state index < -0.39 is 5.41 Å². The molecule has 5 heteroatoms. The summed E-state index contributed by atoms with van der Waals surface area (Å²) in [6.45, 7) is 1.49. The number of nitrogens with two attached hydrogens (primary N) is 1. The molecule has 0 radical (unpaired) electrons. The predicted octanol–water partition coefficient (Wildman–Crippen LogP) is 0.677. The van der Waals surface area contributed by atoms with Gasteiger partial charge in [-0.25, -0.2) is 0 Å². The quantitative estimate of drug-likeness (QED) is 0.799. The molecule has 21 heavy (non-hydrogen) atoms. The summed E-state index contributed by atoms with van der Waals surface area (Å²) in [5.41, 5.74) is 4.98. The minimum absolute atomic E-state index is 0.161. The molecule has 0 aromatic rings. The first-order valence-electron chi connectivity index (χ1n) is 8.28. The third-order valence-electron chi connectivity index (χ3n) is 6.61. The summed E-state index contributed by atoms with van der Waals surface area (Å²) in [6.07, 6.45) is 5.22. The van der Waals surface area contributed by atoms with Crippen LogP contribution in [0, 0.1) is 35.0 Å². The van der Waals surface area contributed by atoms with E-state index in [9.17, 15) is 9.59 Å². The summed E-state index contributed by atoms with van der Waals surface area (Å²) in [5.74, 6) is 2.95. The van der Waals surface area contributed by atoms with Crippen molar-refractivity contribution < 1.29 is 14.3 Å². The molecule has 3 aliphatic carbocycles. The predicted molar refractivity (Wildman–Crippen MR) is 76.0 cm³/mol. The second-order valence-corrected chi connectivity index (χ2v) is 7.49. The summed E-state index contributed by atoms with van der Waals surface area (Å²) in [6, 6.07) is 0. The third kappa shape index (κ3) is 2.00. The van der Waals surface area contributed by atoms with E-state index in [1.807, 2.05) is 0 Å². The molecule has 4 rings (SSSR count). The Hall–Kier alpha value is -1.10. The maximum absolute atomic E-state index is 12.5. The molecule has 4 fully saturated rings. The molecule has 4 atom stereocenters. The van der Waals surface area contributed by atoms with E-state index in [0.29, 0.717) is 44.4 Å². The molecule has 4 aliphatic rings. The van der Waals surface area contributed by atoms with Gasteiger partial charge in [0.1, 0.15) is 0 Å². The number of amides is 2. The van der Waals surface area contributed by atoms with Gasteiger partial charge < -0.3 is 15.8 Å². The van der Waals surface area contributed by atoms with Gasteiger partial charge in [-0.05, 0) is 55.8 Å². The first-order chi connectivity index (χ1) is 10.1. The minimum Gasteiger partial charge on any atom is -0.381 e. The van der Waals surface area contributed by atoms with Crippen LogP contribution in [0.25, 0.3) is 0 Å². The van der Waals surface area contributed by atoms with Gasteiger partial charge in [0, 0.05) is 25.7 Å². The molecule has 2 amide bonds. The van der Waals surface area contributed by atoms with Crippen LogP contribution in [-0.4, -0.2) is 31.6 Å². The van der Waals surface area contributed by atoms with Crippen LogP contribution in [-0.2, 0) is 14.3 Å². The summed E-state index contributed by atoms with van der Waals surface area (Å²) < 4.78 is 5.32. The Morgan fingerprint density at radius 1 is 1.14 bits per heavy atom. The zero-order valence-electron chi connectivity index (χ0n) is 12.3. The largest absolute Gasteiger partial charge is 0.381 e. The minimum atomic E-state index is -0.600. The number of nitrogens with one attached hydrogen (secondary N) is 1. The van der Waals surface area contributed by atoms with Crippen LogP contribution in [0.15, 0.2) is 0 Å². The van der Waals surface area contributed by atoms with Crippen molar-refractivity contribution in [3.05, 3.63) is 0 Å². The highest BCUT2D eigenvalue weighted by Gasteiger charge is 2.67. The van der Waals surface area contributed by atoms with E-state index in [1.165, 1.54) is 19.3 Å². The molecular weight excluding hydrogens is 268 g/mol. The fraction of sp³-hybridized carbons (Fsp3) is 0.875. The Balaban J connectivity index is 1.36. The Kier molecular flexibility index (Phi) is 3.03. The van der Waals surface area contributed by atoms with Crippen LogP contribution < -0.4 is 11.1 Å². The topological polar surface area (TPSA) is 81.4 Å². The van der Waals surface area contributed by atoms with E-state index >= 15 is 0 Å². The Bertz CT molecular complexity index is 456. The molecular formula is C16H24N2O3. The van der Waals surface area contributed by atoms with Crippen molar-refractivity contribution in [2.45, 2.75) is 32.1 Å². The first kappa shape index (κ1) is 13.6. The molecule has 116 valence electrons. The Labute approximate surface area is 125 Å². The smallest absolute Gasteiger partial charge is 0.225 e. The molecule has 1 heterocycles. The maximum Gasteiger partial charge on any atom is 0.225 e. The molecule has 0 aromatic heterocycles. The van der Waals surface area contributed by atoms with Crippen LogP contribution in [0.5, 0.6) is 0 Å². The summed E-state index contributed by atoms with van der Waals surface area (Å²) in [5, 5.41) is 3.04. The number of hydrogen-bond donors (Lipinski definition) is 2. The molecule has 3 saturated carbocycles. The van der Waals surface area contributed by atoms with Gasteiger partial charge in [0.05, 0.1) is 5.41 Å². The van der Waals surface area contributed by atoms with Crippen molar-refractivity contribution in [1.82, 2.24) is 5.32 Å². The van der Waals surface area contributed by atoms with Gasteiger partial charge in [-0.3, -0.25) is 9.59 Å². The van der Waals surface area contributed by atoms with Crippen molar-refractivity contribution in [2.24, 2.45) is 40.7 Å². The lowest BCUT2D eigenvalue weighted by molar-refractivity contribution is -0.134. The summed E-state index contributed by atoms with van der Waals surface area (Å²) in [7, 11) is 0. The molecule has 5 nitrogen and oxygen atoms in total. The number of rotatable bonds is 4. The van der Waals surface area contributed by atoms with Gasteiger partial charge in [0.2, 0.25) is 11.8 Å². The van der Waals surface area contributed by atoms with Crippen molar-refractivity contribution in [2.75, 3.05) is 19.8 Å². The zero-order chi connectivity index (χ0) is 14.6. The average molecular weight is 292 g/mol. The van der Waals surface area contributed by atoms with Crippen molar-refractivity contribution >= 4 is 11.8 Å². The lowest BCUT2D eigenvalue weighted by Gasteiger charge is -2.34. The molecule has 3 N–H and O–H groups in total. The normalized spacial score (nSPS) is 42.4. The van der Waals surface area contributed by atoms with Crippen molar-refractivity contribution in [1.29, 1.82) is 0 Å². The Morgan fingerprint density at radius 3 is 2.33 bits per heavy atom. The second kappa shape index (κ2) is 4.70. The molecule has 1 aliphatic heterocycles. The van der Waals surface area contributed by atoms with Crippen molar-refractivity contribution in [3.8, 4) is 0 Å². The number of hydrogen-bond acceptors (Lipinski definition) is 3. The van der Waals surface area contributed by atoms with Crippen LogP contribution >= 0.6 is 0 Å². The van der Waals surface area contributed by atoms with E-state index in [0.717, 1.165) is 11.8 Å². The number of ether oxygens (including phenoxy) is 1. The highest BCUT2D eigenvalue weighted by Crippen LogP contribution is 2.69. The molecule has 0 unspecified atom stereocenters. The lowest BCUT2D eigenvalue weighted by atomic mass is 9.79. The molecule has 0 spiro atoms. The average Bonchev–Trinajstić information content (AvgIpc) is 2.93. The highest BCUT2D eigenvalue weighted by atomic mass is 16.5. The zero-order valence-corrected chi connectivity index (χ0v) is 12.3. The van der Waals surface area contributed by atoms with Crippen molar-refractivity contribution in [3.63, 3.8) is 0 Å². The SMILES string of the molecule is NC(=O)C1(CNC(=O)C2[C@H]3[C@H]4CC[C@@H](C4)[C@H]23)CCOCC1. The Morgan fingerprint density at radius 2 is 1.76 bits per heavy atom. The van der Waals surface area contributed by atoms with E-state index in [4.69, 9.17) is 10.5 Å². The molecule has 2 bridgehead atoms. The monoisotopic (exact) mass is 292 g/mol. The highest BCUT2D eigenvalue weighted by molar-refractivity contribution is 5.85. The fourth-order valence-corrected chi connectivity index (χ4v) is 5.32. The number of primary amides is 1. The van der Waals surface area contributed by atoms with E-state index in [1.54, 1.807) is 0 Å². The molecule has 0 aromatic carbocycles. The third-order valence-corrected chi connectivity index (χ3v) is 6.61. The van der Waals surface area contributed by atoms with Crippen LogP contribution in [0.3, 0.4) is 0 Å². The second-order valence-electron chi connectivity index (χ2n) is 7.49. The van der Waals surface area contributed by atoms with Gasteiger partial charge in [0.15, 0.2) is 0 Å². The van der Waals surface area contributed by atoms with Crippen LogP contribution in [0.2, 0.25) is 0 Å². The van der Waals surface area contributed by atoms with Gasteiger partial charge in [-0.15, -0.1) is 0 Å². The summed E-state index contributed by atoms with van der Waals surface area (Å²) >= 11 is 0. The van der Waals surface area contributed by atoms with E-state index in [2.05, 4.69) is 5.32 Å². The van der Waals surface area contributed by atoms with Crippen LogP contribution in [0.1, 0.15) is 32.1 Å². The van der Waals surface area contributed by atoms with Gasteiger partial charge in [-0.1, -0.05) is 0 Å². The standard InChI is InChI=1S/C16H24N2O3/c17-15(20)16(3-5-21-6-4-16)8-18-14(19)13-11-9-1-2-10(7-9)12(11)13/h9-13H,1-8H2,(H2,17,20)(H,18,19)/t9-,10-,11-,12-/m0/s1. The molecule has 1 saturated heterocycles. The first-order valence-corrected chi connectivity index (χ1v) is 8.28. The van der Waals surface area contributed by atoms with Gasteiger partial charge >= 0.3 is 0 Å².